The molecule has 1 unspecified atom stereocenters. The van der Waals surface area contributed by atoms with Crippen LogP contribution in [0.3, 0.4) is 0 Å². The van der Waals surface area contributed by atoms with E-state index in [1.165, 1.54) is 19.3 Å². The third-order valence-electron chi connectivity index (χ3n) is 5.18. The number of rotatable bonds is 2. The van der Waals surface area contributed by atoms with Crippen LogP contribution in [0.15, 0.2) is 6.20 Å². The lowest BCUT2D eigenvalue weighted by molar-refractivity contribution is -0.0518. The third-order valence-corrected chi connectivity index (χ3v) is 5.18. The maximum Gasteiger partial charge on any atom is 0.160 e. The Morgan fingerprint density at radius 1 is 1.24 bits per heavy atom. The molecule has 1 saturated carbocycles. The summed E-state index contributed by atoms with van der Waals surface area (Å²) in [5.41, 5.74) is 8.49. The molecule has 1 aromatic rings. The predicted octanol–water partition coefficient (Wildman–Crippen LogP) is 3.25. The zero-order valence-corrected chi connectivity index (χ0v) is 13.5. The van der Waals surface area contributed by atoms with Crippen LogP contribution in [0.4, 0.5) is 0 Å². The summed E-state index contributed by atoms with van der Waals surface area (Å²) in [5, 5.41) is 0. The Balaban J connectivity index is 1.99. The first kappa shape index (κ1) is 14.9. The van der Waals surface area contributed by atoms with Crippen molar-refractivity contribution in [3.63, 3.8) is 0 Å². The Morgan fingerprint density at radius 3 is 2.62 bits per heavy atom. The van der Waals surface area contributed by atoms with E-state index in [2.05, 4.69) is 18.8 Å². The Hall–Kier alpha value is -1.00. The van der Waals surface area contributed by atoms with Crippen LogP contribution in [0, 0.1) is 5.41 Å². The van der Waals surface area contributed by atoms with Crippen LogP contribution in [0.25, 0.3) is 0 Å². The molecule has 1 fully saturated rings. The van der Waals surface area contributed by atoms with Gasteiger partial charge in [0.1, 0.15) is 5.60 Å². The number of methoxy groups -OCH3 is 1. The van der Waals surface area contributed by atoms with Gasteiger partial charge in [0.15, 0.2) is 5.82 Å². The number of hydrogen-bond donors (Lipinski definition) is 1. The topological polar surface area (TPSA) is 61.0 Å². The van der Waals surface area contributed by atoms with Gasteiger partial charge in [0.25, 0.3) is 0 Å². The quantitative estimate of drug-likeness (QED) is 0.908. The standard InChI is InChI=1S/C17H27N3O/c1-16(2)9-13(18)12-11-19-15(20-14(12)10-16)17(21-3)7-5-4-6-8-17/h11,13H,4-10,18H2,1-3H3. The van der Waals surface area contributed by atoms with Crippen molar-refractivity contribution in [2.75, 3.05) is 7.11 Å². The number of nitrogens with two attached hydrogens (primary N) is 1. The first-order chi connectivity index (χ1) is 9.96. The highest BCUT2D eigenvalue weighted by Crippen LogP contribution is 2.42. The van der Waals surface area contributed by atoms with E-state index in [0.717, 1.165) is 42.8 Å². The van der Waals surface area contributed by atoms with Gasteiger partial charge in [-0.3, -0.25) is 0 Å². The second-order valence-electron chi connectivity index (χ2n) is 7.51. The average Bonchev–Trinajstić information content (AvgIpc) is 2.46. The van der Waals surface area contributed by atoms with Crippen LogP contribution in [0.2, 0.25) is 0 Å². The predicted molar refractivity (Wildman–Crippen MR) is 82.8 cm³/mol. The largest absolute Gasteiger partial charge is 0.370 e. The Morgan fingerprint density at radius 2 is 1.95 bits per heavy atom. The minimum Gasteiger partial charge on any atom is -0.370 e. The number of hydrogen-bond acceptors (Lipinski definition) is 4. The van der Waals surface area contributed by atoms with Crippen LogP contribution in [0.5, 0.6) is 0 Å². The fourth-order valence-corrected chi connectivity index (χ4v) is 3.97. The molecule has 1 atom stereocenters. The Labute approximate surface area is 127 Å². The summed E-state index contributed by atoms with van der Waals surface area (Å²) in [7, 11) is 1.80. The first-order valence-electron chi connectivity index (χ1n) is 8.13. The van der Waals surface area contributed by atoms with Crippen molar-refractivity contribution in [1.29, 1.82) is 0 Å². The maximum atomic E-state index is 6.30. The molecule has 0 saturated heterocycles. The normalized spacial score (nSPS) is 27.1. The molecule has 0 radical (unpaired) electrons. The van der Waals surface area contributed by atoms with E-state index in [1.807, 2.05) is 6.20 Å². The van der Waals surface area contributed by atoms with Crippen molar-refractivity contribution in [3.05, 3.63) is 23.3 Å². The minimum atomic E-state index is -0.279. The minimum absolute atomic E-state index is 0.0580. The van der Waals surface area contributed by atoms with Crippen molar-refractivity contribution >= 4 is 0 Å². The van der Waals surface area contributed by atoms with E-state index >= 15 is 0 Å². The average molecular weight is 289 g/mol. The molecule has 0 bridgehead atoms. The van der Waals surface area contributed by atoms with Gasteiger partial charge in [0.05, 0.1) is 0 Å². The highest BCUT2D eigenvalue weighted by molar-refractivity contribution is 5.27. The van der Waals surface area contributed by atoms with E-state index < -0.39 is 0 Å². The van der Waals surface area contributed by atoms with Crippen molar-refractivity contribution in [3.8, 4) is 0 Å². The first-order valence-corrected chi connectivity index (χ1v) is 8.13. The van der Waals surface area contributed by atoms with Crippen molar-refractivity contribution < 1.29 is 4.74 Å². The molecule has 2 aliphatic carbocycles. The second kappa shape index (κ2) is 5.33. The van der Waals surface area contributed by atoms with E-state index in [-0.39, 0.29) is 17.1 Å². The van der Waals surface area contributed by atoms with Gasteiger partial charge in [-0.2, -0.15) is 0 Å². The summed E-state index contributed by atoms with van der Waals surface area (Å²) in [4.78, 5) is 9.55. The van der Waals surface area contributed by atoms with Crippen LogP contribution < -0.4 is 5.73 Å². The monoisotopic (exact) mass is 289 g/mol. The molecular formula is C17H27N3O. The van der Waals surface area contributed by atoms with Gasteiger partial charge < -0.3 is 10.5 Å². The highest BCUT2D eigenvalue weighted by Gasteiger charge is 2.39. The molecule has 0 spiro atoms. The molecule has 4 nitrogen and oxygen atoms in total. The van der Waals surface area contributed by atoms with Gasteiger partial charge in [0.2, 0.25) is 0 Å². The fourth-order valence-electron chi connectivity index (χ4n) is 3.97. The lowest BCUT2D eigenvalue weighted by Crippen LogP contribution is -2.36. The molecule has 1 aromatic heterocycles. The number of ether oxygens (including phenoxy) is 1. The molecule has 1 heterocycles. The van der Waals surface area contributed by atoms with E-state index in [0.29, 0.717) is 0 Å². The zero-order chi connectivity index (χ0) is 15.1. The SMILES string of the molecule is COC1(c2ncc3c(n2)CC(C)(C)CC3N)CCCCC1. The molecular weight excluding hydrogens is 262 g/mol. The molecule has 4 heteroatoms. The van der Waals surface area contributed by atoms with Gasteiger partial charge in [-0.1, -0.05) is 33.1 Å². The molecule has 21 heavy (non-hydrogen) atoms. The fraction of sp³-hybridized carbons (Fsp3) is 0.765. The van der Waals surface area contributed by atoms with Gasteiger partial charge in [-0.25, -0.2) is 9.97 Å². The van der Waals surface area contributed by atoms with Gasteiger partial charge in [0, 0.05) is 30.6 Å². The van der Waals surface area contributed by atoms with E-state index in [4.69, 9.17) is 15.5 Å². The van der Waals surface area contributed by atoms with Crippen LogP contribution in [-0.2, 0) is 16.8 Å². The highest BCUT2D eigenvalue weighted by atomic mass is 16.5. The zero-order valence-electron chi connectivity index (χ0n) is 13.5. The molecule has 3 rings (SSSR count). The number of nitrogens with zero attached hydrogens (tertiary/aromatic N) is 2. The summed E-state index contributed by atoms with van der Waals surface area (Å²) in [6, 6.07) is 0.0580. The number of aromatic nitrogens is 2. The van der Waals surface area contributed by atoms with Crippen LogP contribution in [0.1, 0.15) is 75.5 Å². The Kier molecular flexibility index (Phi) is 3.78. The summed E-state index contributed by atoms with van der Waals surface area (Å²) >= 11 is 0. The molecule has 2 N–H and O–H groups in total. The summed E-state index contributed by atoms with van der Waals surface area (Å²) in [6.45, 7) is 4.54. The third kappa shape index (κ3) is 2.71. The van der Waals surface area contributed by atoms with Crippen molar-refractivity contribution in [2.45, 2.75) is 70.4 Å². The Bertz CT molecular complexity index is 521. The second-order valence-corrected chi connectivity index (χ2v) is 7.51. The molecule has 0 aliphatic heterocycles. The van der Waals surface area contributed by atoms with Gasteiger partial charge in [-0.15, -0.1) is 0 Å². The van der Waals surface area contributed by atoms with E-state index in [1.54, 1.807) is 7.11 Å². The van der Waals surface area contributed by atoms with Crippen molar-refractivity contribution in [2.24, 2.45) is 11.1 Å². The lowest BCUT2D eigenvalue weighted by Gasteiger charge is -2.37. The molecule has 2 aliphatic rings. The van der Waals surface area contributed by atoms with Crippen molar-refractivity contribution in [1.82, 2.24) is 9.97 Å². The van der Waals surface area contributed by atoms with Crippen LogP contribution in [-0.4, -0.2) is 17.1 Å². The maximum absolute atomic E-state index is 6.30. The number of fused-ring (bicyclic) bond motifs is 1. The summed E-state index contributed by atoms with van der Waals surface area (Å²) in [5.74, 6) is 0.869. The van der Waals surface area contributed by atoms with Gasteiger partial charge in [-0.05, 0) is 31.1 Å². The summed E-state index contributed by atoms with van der Waals surface area (Å²) < 4.78 is 5.88. The van der Waals surface area contributed by atoms with Crippen LogP contribution >= 0.6 is 0 Å². The smallest absolute Gasteiger partial charge is 0.160 e. The van der Waals surface area contributed by atoms with E-state index in [9.17, 15) is 0 Å². The molecule has 0 amide bonds. The lowest BCUT2D eigenvalue weighted by atomic mass is 9.74. The summed E-state index contributed by atoms with van der Waals surface area (Å²) in [6.07, 6.45) is 9.65. The molecule has 0 aromatic carbocycles. The molecule has 116 valence electrons. The van der Waals surface area contributed by atoms with Gasteiger partial charge >= 0.3 is 0 Å².